The molecule has 0 saturated carbocycles. The van der Waals surface area contributed by atoms with E-state index in [1.165, 1.54) is 6.07 Å². The highest BCUT2D eigenvalue weighted by Crippen LogP contribution is 2.39. The molecule has 3 atom stereocenters. The molecule has 271 valence electrons. The number of nitrogens with zero attached hydrogens (tertiary/aromatic N) is 6. The lowest BCUT2D eigenvalue weighted by atomic mass is 10.00. The molecule has 2 aromatic carbocycles. The van der Waals surface area contributed by atoms with Crippen molar-refractivity contribution in [3.05, 3.63) is 88.0 Å². The van der Waals surface area contributed by atoms with Crippen LogP contribution in [0.5, 0.6) is 0 Å². The maximum atomic E-state index is 15.8. The van der Waals surface area contributed by atoms with Gasteiger partial charge in [0, 0.05) is 76.5 Å². The average molecular weight is 712 g/mol. The van der Waals surface area contributed by atoms with Crippen molar-refractivity contribution in [1.82, 2.24) is 40.0 Å². The fourth-order valence-corrected chi connectivity index (χ4v) is 8.47. The first kappa shape index (κ1) is 34.3. The van der Waals surface area contributed by atoms with E-state index in [0.717, 1.165) is 60.7 Å². The van der Waals surface area contributed by atoms with E-state index in [2.05, 4.69) is 36.4 Å². The Morgan fingerprint density at radius 1 is 0.962 bits per heavy atom. The number of piperidine rings is 2. The molecule has 3 fully saturated rings. The number of carbonyl (C=O) groups excluding carboxylic acids is 5. The molecule has 0 spiro atoms. The van der Waals surface area contributed by atoms with E-state index in [1.54, 1.807) is 13.2 Å². The molecular formula is C37H40FN8O6. The van der Waals surface area contributed by atoms with Crippen LogP contribution in [0.4, 0.5) is 4.39 Å². The van der Waals surface area contributed by atoms with Crippen LogP contribution >= 0.6 is 0 Å². The number of ether oxygens (including phenoxy) is 1. The Morgan fingerprint density at radius 3 is 2.42 bits per heavy atom. The molecule has 1 radical (unpaired) electrons. The second-order valence-electron chi connectivity index (χ2n) is 14.1. The van der Waals surface area contributed by atoms with Gasteiger partial charge in [0.15, 0.2) is 6.10 Å². The van der Waals surface area contributed by atoms with Gasteiger partial charge in [0.25, 0.3) is 17.7 Å². The average Bonchev–Trinajstić information content (AvgIpc) is 3.83. The lowest BCUT2D eigenvalue weighted by Crippen LogP contribution is -2.54. The topological polar surface area (TPSA) is 151 Å². The maximum absolute atomic E-state index is 15.8. The van der Waals surface area contributed by atoms with Crippen molar-refractivity contribution in [3.63, 3.8) is 0 Å². The van der Waals surface area contributed by atoms with Crippen LogP contribution in [0.1, 0.15) is 81.1 Å². The zero-order chi connectivity index (χ0) is 36.1. The number of carbonyl (C=O) groups is 5. The number of aromatic nitrogens is 2. The van der Waals surface area contributed by atoms with Gasteiger partial charge in [-0.3, -0.25) is 54.0 Å². The second-order valence-corrected chi connectivity index (χ2v) is 14.1. The van der Waals surface area contributed by atoms with E-state index in [4.69, 9.17) is 4.74 Å². The Hall–Kier alpha value is -4.83. The molecule has 3 saturated heterocycles. The second kappa shape index (κ2) is 14.0. The maximum Gasteiger partial charge on any atom is 0.265 e. The minimum Gasteiger partial charge on any atom is -0.367 e. The Morgan fingerprint density at radius 2 is 1.71 bits per heavy atom. The Kier molecular flexibility index (Phi) is 9.19. The fraction of sp³-hybridized carbons (Fsp3) is 0.459. The molecule has 3 aromatic rings. The largest absolute Gasteiger partial charge is 0.367 e. The molecule has 14 nitrogen and oxygen atoms in total. The number of amides is 5. The van der Waals surface area contributed by atoms with Crippen LogP contribution in [0.25, 0.3) is 0 Å². The molecule has 5 aliphatic rings. The monoisotopic (exact) mass is 711 g/mol. The van der Waals surface area contributed by atoms with Crippen LogP contribution in [0.2, 0.25) is 0 Å². The zero-order valence-electron chi connectivity index (χ0n) is 28.8. The fourth-order valence-electron chi connectivity index (χ4n) is 8.47. The lowest BCUT2D eigenvalue weighted by Gasteiger charge is -2.45. The van der Waals surface area contributed by atoms with Crippen molar-refractivity contribution < 1.29 is 33.1 Å². The summed E-state index contributed by atoms with van der Waals surface area (Å²) in [6.45, 7) is 5.32. The smallest absolute Gasteiger partial charge is 0.265 e. The Balaban J connectivity index is 0.873. The summed E-state index contributed by atoms with van der Waals surface area (Å²) in [5.74, 6) is -3.59. The van der Waals surface area contributed by atoms with Crippen molar-refractivity contribution in [2.24, 2.45) is 0 Å². The molecular weight excluding hydrogens is 671 g/mol. The number of rotatable bonds is 8. The van der Waals surface area contributed by atoms with Gasteiger partial charge in [0.1, 0.15) is 24.2 Å². The number of halogens is 1. The number of methoxy groups -OCH3 is 1. The number of fused-ring (bicyclic) bond motifs is 2. The van der Waals surface area contributed by atoms with E-state index in [1.807, 2.05) is 35.2 Å². The summed E-state index contributed by atoms with van der Waals surface area (Å²) in [5.41, 5.74) is 2.55. The molecule has 15 heteroatoms. The molecule has 2 N–H and O–H groups in total. The van der Waals surface area contributed by atoms with Crippen molar-refractivity contribution in [3.8, 4) is 0 Å². The highest BCUT2D eigenvalue weighted by atomic mass is 19.1. The Labute approximate surface area is 299 Å². The van der Waals surface area contributed by atoms with Gasteiger partial charge in [0.2, 0.25) is 11.8 Å². The van der Waals surface area contributed by atoms with E-state index in [-0.39, 0.29) is 42.6 Å². The summed E-state index contributed by atoms with van der Waals surface area (Å²) < 4.78 is 21.6. The molecule has 0 bridgehead atoms. The molecule has 5 amide bonds. The first-order valence-corrected chi connectivity index (χ1v) is 17.8. The summed E-state index contributed by atoms with van der Waals surface area (Å²) in [7, 11) is 1.56. The van der Waals surface area contributed by atoms with Gasteiger partial charge in [-0.2, -0.15) is 5.10 Å². The predicted octanol–water partition coefficient (Wildman–Crippen LogP) is 1.76. The van der Waals surface area contributed by atoms with E-state index in [9.17, 15) is 24.0 Å². The number of imide groups is 2. The predicted molar refractivity (Wildman–Crippen MR) is 181 cm³/mol. The molecule has 52 heavy (non-hydrogen) atoms. The third kappa shape index (κ3) is 6.00. The van der Waals surface area contributed by atoms with Crippen LogP contribution in [-0.4, -0.2) is 123 Å². The molecule has 8 rings (SSSR count). The number of benzene rings is 2. The van der Waals surface area contributed by atoms with Crippen LogP contribution < -0.4 is 5.32 Å². The first-order valence-electron chi connectivity index (χ1n) is 17.8. The van der Waals surface area contributed by atoms with Crippen molar-refractivity contribution in [1.29, 1.82) is 0 Å². The third-order valence-electron chi connectivity index (χ3n) is 11.2. The third-order valence-corrected chi connectivity index (χ3v) is 11.2. The van der Waals surface area contributed by atoms with Crippen molar-refractivity contribution in [2.75, 3.05) is 46.4 Å². The van der Waals surface area contributed by atoms with Crippen molar-refractivity contribution in [2.45, 2.75) is 63.1 Å². The summed E-state index contributed by atoms with van der Waals surface area (Å²) in [6, 6.07) is 11.8. The highest BCUT2D eigenvalue weighted by molar-refractivity contribution is 6.23. The van der Waals surface area contributed by atoms with E-state index < -0.39 is 41.6 Å². The standard InChI is InChI=1S/C37H40FN8O6/c1-52-32(22-5-3-2-4-6-22)37(51)45-21-27-26(19-39-41-27)34(45)44-13-11-24(12-14-44)43-17-15-42(16-18-43)20-23-7-8-25-30(31(23)38)36(50)46(35(25)49)28-9-10-29(47)40-33(28)48/h2-8,24,28,32,34H,9-18,20-21H2,1H3,(H,39,41)(H,40,47,48)/t28?,32-,34?/m1/s1. The summed E-state index contributed by atoms with van der Waals surface area (Å²) in [4.78, 5) is 73.9. The molecule has 1 aromatic heterocycles. The van der Waals surface area contributed by atoms with Gasteiger partial charge in [-0.05, 0) is 30.9 Å². The SMILES string of the molecule is CO[C@@H](C(=O)N1Cc2[nH]n[c]c2C1N1CCC(N2CCN(Cc3ccc4c(c3F)C(=O)N(C3CCC(=O)NC3=O)C4=O)CC2)CC1)c1ccccc1. The first-order chi connectivity index (χ1) is 25.2. The van der Waals surface area contributed by atoms with Gasteiger partial charge >= 0.3 is 0 Å². The minimum atomic E-state index is -1.14. The zero-order valence-corrected chi connectivity index (χ0v) is 28.8. The quantitative estimate of drug-likeness (QED) is 0.331. The minimum absolute atomic E-state index is 0.00188. The summed E-state index contributed by atoms with van der Waals surface area (Å²) in [5, 5.41) is 9.34. The van der Waals surface area contributed by atoms with Crippen molar-refractivity contribution >= 4 is 29.5 Å². The van der Waals surface area contributed by atoms with Gasteiger partial charge in [-0.15, -0.1) is 0 Å². The molecule has 5 aliphatic heterocycles. The van der Waals surface area contributed by atoms with Gasteiger partial charge in [-0.1, -0.05) is 36.4 Å². The number of piperazine rings is 1. The summed E-state index contributed by atoms with van der Waals surface area (Å²) >= 11 is 0. The van der Waals surface area contributed by atoms with Crippen LogP contribution in [0, 0.1) is 12.0 Å². The van der Waals surface area contributed by atoms with Crippen LogP contribution in [-0.2, 0) is 32.2 Å². The highest BCUT2D eigenvalue weighted by Gasteiger charge is 2.47. The Bertz CT molecular complexity index is 1900. The number of H-pyrrole nitrogens is 1. The van der Waals surface area contributed by atoms with E-state index >= 15 is 4.39 Å². The molecule has 0 aliphatic carbocycles. The molecule has 6 heterocycles. The van der Waals surface area contributed by atoms with Crippen LogP contribution in [0.3, 0.4) is 0 Å². The molecule has 2 unspecified atom stereocenters. The van der Waals surface area contributed by atoms with Gasteiger partial charge < -0.3 is 9.64 Å². The normalized spacial score (nSPS) is 24.0. The number of nitrogens with one attached hydrogen (secondary N) is 2. The van der Waals surface area contributed by atoms with Gasteiger partial charge in [-0.25, -0.2) is 4.39 Å². The number of likely N-dealkylation sites (tertiary alicyclic amines) is 1. The number of aromatic amines is 1. The van der Waals surface area contributed by atoms with E-state index in [0.29, 0.717) is 31.2 Å². The number of hydrogen-bond donors (Lipinski definition) is 2. The van der Waals surface area contributed by atoms with Crippen LogP contribution in [0.15, 0.2) is 42.5 Å². The summed E-state index contributed by atoms with van der Waals surface area (Å²) in [6.07, 6.45) is 3.98. The lowest BCUT2D eigenvalue weighted by molar-refractivity contribution is -0.150. The number of hydrogen-bond acceptors (Lipinski definition) is 10. The van der Waals surface area contributed by atoms with Gasteiger partial charge in [0.05, 0.1) is 23.4 Å².